The first-order valence-electron chi connectivity index (χ1n) is 9.41. The first kappa shape index (κ1) is 18.0. The van der Waals surface area contributed by atoms with E-state index in [4.69, 9.17) is 0 Å². The smallest absolute Gasteiger partial charge is 0.313 e. The van der Waals surface area contributed by atoms with Crippen LogP contribution in [-0.2, 0) is 11.2 Å². The van der Waals surface area contributed by atoms with E-state index in [-0.39, 0.29) is 5.91 Å². The van der Waals surface area contributed by atoms with Crippen LogP contribution < -0.4 is 4.90 Å². The van der Waals surface area contributed by atoms with E-state index >= 15 is 0 Å². The molecule has 1 amide bonds. The maximum Gasteiger partial charge on any atom is 0.313 e. The fourth-order valence-corrected chi connectivity index (χ4v) is 3.97. The third kappa shape index (κ3) is 2.97. The van der Waals surface area contributed by atoms with Gasteiger partial charge in [-0.15, -0.1) is 0 Å². The van der Waals surface area contributed by atoms with Gasteiger partial charge in [0.05, 0.1) is 6.04 Å². The summed E-state index contributed by atoms with van der Waals surface area (Å²) in [4.78, 5) is 27.4. The van der Waals surface area contributed by atoms with Crippen LogP contribution in [0.4, 0.5) is 5.69 Å². The number of fused-ring (bicyclic) bond motifs is 1. The van der Waals surface area contributed by atoms with E-state index < -0.39 is 17.9 Å². The van der Waals surface area contributed by atoms with Crippen LogP contribution in [-0.4, -0.2) is 17.0 Å². The number of carboxylic acids is 1. The Morgan fingerprint density at radius 2 is 1.57 bits per heavy atom. The van der Waals surface area contributed by atoms with Crippen LogP contribution in [0.25, 0.3) is 0 Å². The second-order valence-electron chi connectivity index (χ2n) is 6.95. The van der Waals surface area contributed by atoms with E-state index in [9.17, 15) is 14.7 Å². The molecule has 3 aromatic rings. The lowest BCUT2D eigenvalue weighted by atomic mass is 9.79. The number of carbonyl (C=O) groups is 2. The quantitative estimate of drug-likeness (QED) is 0.715. The van der Waals surface area contributed by atoms with Gasteiger partial charge in [0, 0.05) is 11.3 Å². The zero-order valence-corrected chi connectivity index (χ0v) is 15.6. The van der Waals surface area contributed by atoms with Crippen molar-refractivity contribution in [2.24, 2.45) is 0 Å². The van der Waals surface area contributed by atoms with E-state index in [0.717, 1.165) is 12.0 Å². The Morgan fingerprint density at radius 3 is 2.21 bits per heavy atom. The zero-order chi connectivity index (χ0) is 19.7. The van der Waals surface area contributed by atoms with Crippen molar-refractivity contribution in [3.05, 3.63) is 101 Å². The average Bonchev–Trinajstić information content (AvgIpc) is 2.74. The molecule has 2 atom stereocenters. The maximum absolute atomic E-state index is 13.5. The highest BCUT2D eigenvalue weighted by molar-refractivity contribution is 6.10. The van der Waals surface area contributed by atoms with Gasteiger partial charge in [-0.1, -0.05) is 67.6 Å². The van der Waals surface area contributed by atoms with Gasteiger partial charge in [-0.2, -0.15) is 0 Å². The summed E-state index contributed by atoms with van der Waals surface area (Å²) in [5.41, 5.74) is 3.69. The number of amides is 1. The summed E-state index contributed by atoms with van der Waals surface area (Å²) in [5.74, 6) is -1.96. The Morgan fingerprint density at radius 1 is 0.929 bits per heavy atom. The summed E-state index contributed by atoms with van der Waals surface area (Å²) in [5, 5.41) is 10.1. The largest absolute Gasteiger partial charge is 0.481 e. The van der Waals surface area contributed by atoms with Crippen molar-refractivity contribution in [2.45, 2.75) is 25.3 Å². The van der Waals surface area contributed by atoms with E-state index in [1.807, 2.05) is 54.6 Å². The molecule has 0 spiro atoms. The summed E-state index contributed by atoms with van der Waals surface area (Å²) in [7, 11) is 0. The molecular formula is C24H21NO3. The van der Waals surface area contributed by atoms with E-state index in [1.165, 1.54) is 5.56 Å². The molecule has 4 nitrogen and oxygen atoms in total. The Hall–Kier alpha value is -3.40. The van der Waals surface area contributed by atoms with Crippen molar-refractivity contribution >= 4 is 17.6 Å². The number of rotatable bonds is 4. The third-order valence-electron chi connectivity index (χ3n) is 5.37. The van der Waals surface area contributed by atoms with Crippen LogP contribution in [0.15, 0.2) is 78.9 Å². The predicted octanol–water partition coefficient (Wildman–Crippen LogP) is 4.82. The molecule has 0 saturated carbocycles. The van der Waals surface area contributed by atoms with Gasteiger partial charge in [0.1, 0.15) is 5.92 Å². The molecule has 28 heavy (non-hydrogen) atoms. The normalized spacial score (nSPS) is 18.6. The Kier molecular flexibility index (Phi) is 4.70. The fraction of sp³-hybridized carbons (Fsp3) is 0.167. The summed E-state index contributed by atoms with van der Waals surface area (Å²) in [6.45, 7) is 2.07. The van der Waals surface area contributed by atoms with Gasteiger partial charge >= 0.3 is 5.97 Å². The molecule has 0 fully saturated rings. The highest BCUT2D eigenvalue weighted by Gasteiger charge is 2.44. The van der Waals surface area contributed by atoms with Crippen LogP contribution in [0.1, 0.15) is 45.9 Å². The number of carbonyl (C=O) groups excluding carboxylic acids is 1. The molecule has 0 unspecified atom stereocenters. The van der Waals surface area contributed by atoms with Gasteiger partial charge in [-0.25, -0.2) is 0 Å². The van der Waals surface area contributed by atoms with Crippen LogP contribution in [0.2, 0.25) is 0 Å². The monoisotopic (exact) mass is 371 g/mol. The molecule has 3 aromatic carbocycles. The molecule has 4 rings (SSSR count). The number of nitrogens with zero attached hydrogens (tertiary/aromatic N) is 1. The van der Waals surface area contributed by atoms with E-state index in [0.29, 0.717) is 16.8 Å². The number of benzene rings is 3. The standard InChI is InChI=1S/C24H21NO3/c1-2-16-12-14-18(15-13-16)25-22(17-8-4-3-5-9-17)21(24(27)28)19-10-6-7-11-20(19)23(25)26/h3-15,21-22H,2H2,1H3,(H,27,28)/t21-,22+/m0/s1. The van der Waals surface area contributed by atoms with Crippen molar-refractivity contribution in [1.29, 1.82) is 0 Å². The summed E-state index contributed by atoms with van der Waals surface area (Å²) in [6.07, 6.45) is 0.900. The highest BCUT2D eigenvalue weighted by Crippen LogP contribution is 2.44. The predicted molar refractivity (Wildman–Crippen MR) is 109 cm³/mol. The first-order chi connectivity index (χ1) is 13.6. The van der Waals surface area contributed by atoms with Gasteiger partial charge in [0.2, 0.25) is 0 Å². The molecule has 1 aliphatic heterocycles. The van der Waals surface area contributed by atoms with Gasteiger partial charge < -0.3 is 5.11 Å². The van der Waals surface area contributed by atoms with Crippen molar-refractivity contribution in [3.8, 4) is 0 Å². The van der Waals surface area contributed by atoms with Crippen LogP contribution >= 0.6 is 0 Å². The molecule has 0 bridgehead atoms. The molecule has 1 aliphatic rings. The van der Waals surface area contributed by atoms with Crippen LogP contribution in [0, 0.1) is 0 Å². The van der Waals surface area contributed by atoms with Gasteiger partial charge in [0.25, 0.3) is 5.91 Å². The number of hydrogen-bond donors (Lipinski definition) is 1. The second-order valence-corrected chi connectivity index (χ2v) is 6.95. The number of aryl methyl sites for hydroxylation is 1. The highest BCUT2D eigenvalue weighted by atomic mass is 16.4. The van der Waals surface area contributed by atoms with Crippen LogP contribution in [0.3, 0.4) is 0 Å². The summed E-state index contributed by atoms with van der Waals surface area (Å²) < 4.78 is 0. The Balaban J connectivity index is 1.95. The molecule has 1 N–H and O–H groups in total. The summed E-state index contributed by atoms with van der Waals surface area (Å²) >= 11 is 0. The SMILES string of the molecule is CCc1ccc(N2C(=O)c3ccccc3[C@H](C(=O)O)[C@H]2c2ccccc2)cc1. The lowest BCUT2D eigenvalue weighted by Crippen LogP contribution is -2.45. The number of anilines is 1. The molecule has 1 heterocycles. The third-order valence-corrected chi connectivity index (χ3v) is 5.37. The summed E-state index contributed by atoms with van der Waals surface area (Å²) in [6, 6.07) is 23.6. The Bertz CT molecular complexity index is 1010. The molecule has 0 saturated heterocycles. The molecule has 4 heteroatoms. The minimum atomic E-state index is -0.941. The molecule has 0 aromatic heterocycles. The van der Waals surface area contributed by atoms with Crippen LogP contribution in [0.5, 0.6) is 0 Å². The zero-order valence-electron chi connectivity index (χ0n) is 15.6. The van der Waals surface area contributed by atoms with Crippen molar-refractivity contribution in [2.75, 3.05) is 4.90 Å². The maximum atomic E-state index is 13.5. The van der Waals surface area contributed by atoms with E-state index in [2.05, 4.69) is 6.92 Å². The topological polar surface area (TPSA) is 57.6 Å². The fourth-order valence-electron chi connectivity index (χ4n) is 3.97. The minimum Gasteiger partial charge on any atom is -0.481 e. The van der Waals surface area contributed by atoms with Crippen molar-refractivity contribution in [3.63, 3.8) is 0 Å². The first-order valence-corrected chi connectivity index (χ1v) is 9.41. The molecule has 140 valence electrons. The second kappa shape index (κ2) is 7.31. The lowest BCUT2D eigenvalue weighted by molar-refractivity contribution is -0.139. The van der Waals surface area contributed by atoms with Gasteiger partial charge in [-0.3, -0.25) is 14.5 Å². The lowest BCUT2D eigenvalue weighted by Gasteiger charge is -2.40. The number of hydrogen-bond acceptors (Lipinski definition) is 2. The number of aliphatic carboxylic acids is 1. The minimum absolute atomic E-state index is 0.175. The molecule has 0 radical (unpaired) electrons. The van der Waals surface area contributed by atoms with Gasteiger partial charge in [-0.05, 0) is 41.3 Å². The Labute approximate surface area is 164 Å². The average molecular weight is 371 g/mol. The van der Waals surface area contributed by atoms with E-state index in [1.54, 1.807) is 29.2 Å². The molecular weight excluding hydrogens is 350 g/mol. The van der Waals surface area contributed by atoms with Crippen molar-refractivity contribution < 1.29 is 14.7 Å². The van der Waals surface area contributed by atoms with Gasteiger partial charge in [0.15, 0.2) is 0 Å². The van der Waals surface area contributed by atoms with Crippen molar-refractivity contribution in [1.82, 2.24) is 0 Å². The molecule has 0 aliphatic carbocycles. The number of carboxylic acid groups (broad SMARTS) is 1.